The van der Waals surface area contributed by atoms with Crippen LogP contribution in [-0.2, 0) is 13.1 Å². The summed E-state index contributed by atoms with van der Waals surface area (Å²) in [5.74, 6) is -0.730. The summed E-state index contributed by atoms with van der Waals surface area (Å²) in [6.07, 6.45) is 4.95. The van der Waals surface area contributed by atoms with Crippen molar-refractivity contribution in [2.45, 2.75) is 39.3 Å². The second-order valence-electron chi connectivity index (χ2n) is 7.20. The fourth-order valence-electron chi connectivity index (χ4n) is 3.35. The van der Waals surface area contributed by atoms with Gasteiger partial charge in [0.1, 0.15) is 11.6 Å². The van der Waals surface area contributed by atoms with Crippen molar-refractivity contribution >= 4 is 5.91 Å². The molecule has 0 bridgehead atoms. The number of rotatable bonds is 9. The van der Waals surface area contributed by atoms with Gasteiger partial charge in [0.2, 0.25) is 0 Å². The van der Waals surface area contributed by atoms with Crippen molar-refractivity contribution in [3.05, 3.63) is 95.3 Å². The van der Waals surface area contributed by atoms with Crippen LogP contribution in [0.5, 0.6) is 0 Å². The van der Waals surface area contributed by atoms with Gasteiger partial charge in [0.25, 0.3) is 5.91 Å². The Hall–Kier alpha value is -2.95. The van der Waals surface area contributed by atoms with Crippen LogP contribution < -0.4 is 0 Å². The number of halogens is 2. The zero-order valence-corrected chi connectivity index (χ0v) is 16.7. The predicted molar refractivity (Wildman–Crippen MR) is 111 cm³/mol. The fourth-order valence-corrected chi connectivity index (χ4v) is 3.35. The van der Waals surface area contributed by atoms with E-state index in [1.165, 1.54) is 36.4 Å². The van der Waals surface area contributed by atoms with Gasteiger partial charge in [-0.25, -0.2) is 8.78 Å². The standard InChI is InChI=1S/C24H26F2N2O/c1-2-3-4-14-28(24(29)20-10-12-21(25)13-11-20)18-23-9-6-15-27(23)17-19-7-5-8-22(26)16-19/h5-13,15-16H,2-4,14,17-18H2,1H3. The predicted octanol–water partition coefficient (Wildman–Crippen LogP) is 5.65. The highest BCUT2D eigenvalue weighted by Crippen LogP contribution is 2.15. The maximum absolute atomic E-state index is 13.5. The number of carbonyl (C=O) groups is 1. The monoisotopic (exact) mass is 396 g/mol. The lowest BCUT2D eigenvalue weighted by atomic mass is 10.1. The summed E-state index contributed by atoms with van der Waals surface area (Å²) in [5, 5.41) is 0. The third kappa shape index (κ3) is 5.76. The van der Waals surface area contributed by atoms with E-state index in [4.69, 9.17) is 0 Å². The number of benzene rings is 2. The highest BCUT2D eigenvalue weighted by Gasteiger charge is 2.17. The Labute approximate surface area is 170 Å². The van der Waals surface area contributed by atoms with Crippen LogP contribution in [0.3, 0.4) is 0 Å². The molecule has 152 valence electrons. The molecule has 0 radical (unpaired) electrons. The number of hydrogen-bond donors (Lipinski definition) is 0. The summed E-state index contributed by atoms with van der Waals surface area (Å²) in [7, 11) is 0. The maximum Gasteiger partial charge on any atom is 0.254 e. The van der Waals surface area contributed by atoms with Gasteiger partial charge in [0.15, 0.2) is 0 Å². The molecule has 0 aliphatic rings. The summed E-state index contributed by atoms with van der Waals surface area (Å²) in [6.45, 7) is 3.74. The Balaban J connectivity index is 1.78. The smallest absolute Gasteiger partial charge is 0.254 e. The van der Waals surface area contributed by atoms with E-state index in [2.05, 4.69) is 6.92 Å². The van der Waals surface area contributed by atoms with Crippen LogP contribution in [-0.4, -0.2) is 21.9 Å². The van der Waals surface area contributed by atoms with Crippen molar-refractivity contribution in [1.29, 1.82) is 0 Å². The van der Waals surface area contributed by atoms with Crippen LogP contribution in [0.4, 0.5) is 8.78 Å². The van der Waals surface area contributed by atoms with E-state index in [1.54, 1.807) is 11.0 Å². The van der Waals surface area contributed by atoms with Crippen molar-refractivity contribution in [1.82, 2.24) is 9.47 Å². The quantitative estimate of drug-likeness (QED) is 0.429. The SMILES string of the molecule is CCCCCN(Cc1cccn1Cc1cccc(F)c1)C(=O)c1ccc(F)cc1. The van der Waals surface area contributed by atoms with E-state index in [1.807, 2.05) is 29.0 Å². The van der Waals surface area contributed by atoms with E-state index >= 15 is 0 Å². The molecule has 3 rings (SSSR count). The summed E-state index contributed by atoms with van der Waals surface area (Å²) in [4.78, 5) is 14.8. The van der Waals surface area contributed by atoms with Crippen LogP contribution in [0.2, 0.25) is 0 Å². The Morgan fingerprint density at radius 3 is 2.48 bits per heavy atom. The van der Waals surface area contributed by atoms with Crippen LogP contribution >= 0.6 is 0 Å². The Kier molecular flexibility index (Phi) is 7.17. The topological polar surface area (TPSA) is 25.2 Å². The molecule has 0 unspecified atom stereocenters. The maximum atomic E-state index is 13.5. The average Bonchev–Trinajstić information content (AvgIpc) is 3.14. The number of nitrogens with zero attached hydrogens (tertiary/aromatic N) is 2. The van der Waals surface area contributed by atoms with Crippen LogP contribution in [0.25, 0.3) is 0 Å². The van der Waals surface area contributed by atoms with Gasteiger partial charge in [-0.15, -0.1) is 0 Å². The molecule has 1 aromatic heterocycles. The largest absolute Gasteiger partial charge is 0.345 e. The summed E-state index contributed by atoms with van der Waals surface area (Å²) in [6, 6.07) is 16.1. The molecule has 0 spiro atoms. The molecule has 0 aliphatic heterocycles. The number of unbranched alkanes of at least 4 members (excludes halogenated alkanes) is 2. The Morgan fingerprint density at radius 2 is 1.76 bits per heavy atom. The number of amides is 1. The molecule has 5 heteroatoms. The van der Waals surface area contributed by atoms with Gasteiger partial charge < -0.3 is 9.47 Å². The zero-order chi connectivity index (χ0) is 20.6. The molecule has 0 N–H and O–H groups in total. The van der Waals surface area contributed by atoms with Gasteiger partial charge in [-0.05, 0) is 60.5 Å². The lowest BCUT2D eigenvalue weighted by Crippen LogP contribution is -2.32. The second-order valence-corrected chi connectivity index (χ2v) is 7.20. The first-order valence-electron chi connectivity index (χ1n) is 10.00. The van der Waals surface area contributed by atoms with Crippen molar-refractivity contribution in [3.8, 4) is 0 Å². The molecule has 2 aromatic carbocycles. The third-order valence-corrected chi connectivity index (χ3v) is 4.93. The van der Waals surface area contributed by atoms with Crippen molar-refractivity contribution in [3.63, 3.8) is 0 Å². The van der Waals surface area contributed by atoms with Crippen LogP contribution in [0, 0.1) is 11.6 Å². The molecule has 3 aromatic rings. The van der Waals surface area contributed by atoms with Crippen molar-refractivity contribution < 1.29 is 13.6 Å². The van der Waals surface area contributed by atoms with Gasteiger partial charge in [0.05, 0.1) is 6.54 Å². The molecule has 0 saturated carbocycles. The minimum atomic E-state index is -0.358. The highest BCUT2D eigenvalue weighted by molar-refractivity contribution is 5.94. The molecule has 0 fully saturated rings. The molecule has 1 heterocycles. The minimum Gasteiger partial charge on any atom is -0.345 e. The molecule has 3 nitrogen and oxygen atoms in total. The molecule has 0 saturated heterocycles. The van der Waals surface area contributed by atoms with E-state index in [9.17, 15) is 13.6 Å². The summed E-state index contributed by atoms with van der Waals surface area (Å²) < 4.78 is 28.8. The first-order chi connectivity index (χ1) is 14.1. The fraction of sp³-hybridized carbons (Fsp3) is 0.292. The molecular weight excluding hydrogens is 370 g/mol. The number of carbonyl (C=O) groups excluding carboxylic acids is 1. The van der Waals surface area contributed by atoms with Gasteiger partial charge >= 0.3 is 0 Å². The van der Waals surface area contributed by atoms with Gasteiger partial charge in [0, 0.05) is 30.5 Å². The molecule has 0 atom stereocenters. The lowest BCUT2D eigenvalue weighted by Gasteiger charge is -2.24. The van der Waals surface area contributed by atoms with E-state index in [0.29, 0.717) is 25.2 Å². The van der Waals surface area contributed by atoms with Crippen molar-refractivity contribution in [2.24, 2.45) is 0 Å². The summed E-state index contributed by atoms with van der Waals surface area (Å²) in [5.41, 5.74) is 2.32. The van der Waals surface area contributed by atoms with Gasteiger partial charge in [-0.3, -0.25) is 4.79 Å². The average molecular weight is 396 g/mol. The van der Waals surface area contributed by atoms with E-state index in [0.717, 1.165) is 30.5 Å². The molecular formula is C24H26F2N2O. The molecule has 29 heavy (non-hydrogen) atoms. The third-order valence-electron chi connectivity index (χ3n) is 4.93. The minimum absolute atomic E-state index is 0.111. The Bertz CT molecular complexity index is 934. The first kappa shape index (κ1) is 20.8. The van der Waals surface area contributed by atoms with E-state index in [-0.39, 0.29) is 17.5 Å². The van der Waals surface area contributed by atoms with Crippen LogP contribution in [0.15, 0.2) is 66.9 Å². The number of aromatic nitrogens is 1. The van der Waals surface area contributed by atoms with Gasteiger partial charge in [-0.2, -0.15) is 0 Å². The highest BCUT2D eigenvalue weighted by atomic mass is 19.1. The number of hydrogen-bond acceptors (Lipinski definition) is 1. The van der Waals surface area contributed by atoms with Crippen molar-refractivity contribution in [2.75, 3.05) is 6.54 Å². The van der Waals surface area contributed by atoms with Gasteiger partial charge in [-0.1, -0.05) is 31.9 Å². The first-order valence-corrected chi connectivity index (χ1v) is 10.00. The van der Waals surface area contributed by atoms with E-state index < -0.39 is 0 Å². The second kappa shape index (κ2) is 10.0. The zero-order valence-electron chi connectivity index (χ0n) is 16.7. The molecule has 1 amide bonds. The lowest BCUT2D eigenvalue weighted by molar-refractivity contribution is 0.0736. The van der Waals surface area contributed by atoms with Crippen LogP contribution in [0.1, 0.15) is 47.8 Å². The Morgan fingerprint density at radius 1 is 0.966 bits per heavy atom. The summed E-state index contributed by atoms with van der Waals surface area (Å²) >= 11 is 0. The normalized spacial score (nSPS) is 10.9. The molecule has 0 aliphatic carbocycles.